The third-order valence-corrected chi connectivity index (χ3v) is 4.60. The lowest BCUT2D eigenvalue weighted by Gasteiger charge is -2.33. The molecule has 1 unspecified atom stereocenters. The molecule has 0 saturated carbocycles. The second-order valence-electron chi connectivity index (χ2n) is 4.42. The minimum absolute atomic E-state index is 0.178. The van der Waals surface area contributed by atoms with Crippen molar-refractivity contribution in [1.82, 2.24) is 0 Å². The van der Waals surface area contributed by atoms with Crippen LogP contribution >= 0.6 is 11.8 Å². The number of thioether (sulfide) groups is 1. The Balaban J connectivity index is 2.18. The molecule has 0 spiro atoms. The van der Waals surface area contributed by atoms with Crippen LogP contribution in [0.4, 0.5) is 11.4 Å². The number of hydrogen-bond acceptors (Lipinski definition) is 4. The molecule has 0 bridgehead atoms. The molecule has 4 nitrogen and oxygen atoms in total. The molecule has 1 aliphatic heterocycles. The number of nitrogen functional groups attached to an aromatic ring is 1. The summed E-state index contributed by atoms with van der Waals surface area (Å²) in [6.45, 7) is 4.20. The topological polar surface area (TPSA) is 66.6 Å². The van der Waals surface area contributed by atoms with Gasteiger partial charge in [0.2, 0.25) is 0 Å². The molecular formula is C13H18N2O2S. The Hall–Kier alpha value is -1.36. The lowest BCUT2D eigenvalue weighted by molar-refractivity contribution is 0.0698. The predicted molar refractivity (Wildman–Crippen MR) is 76.6 cm³/mol. The molecule has 18 heavy (non-hydrogen) atoms. The monoisotopic (exact) mass is 266 g/mol. The van der Waals surface area contributed by atoms with Crippen molar-refractivity contribution < 1.29 is 9.90 Å². The van der Waals surface area contributed by atoms with E-state index in [1.165, 1.54) is 0 Å². The van der Waals surface area contributed by atoms with Crippen molar-refractivity contribution in [3.05, 3.63) is 23.8 Å². The van der Waals surface area contributed by atoms with E-state index in [2.05, 4.69) is 11.8 Å². The van der Waals surface area contributed by atoms with Crippen molar-refractivity contribution in [1.29, 1.82) is 0 Å². The number of aromatic carboxylic acids is 1. The van der Waals surface area contributed by atoms with Crippen LogP contribution in [-0.4, -0.2) is 35.2 Å². The maximum atomic E-state index is 10.9. The number of carboxylic acid groups (broad SMARTS) is 1. The van der Waals surface area contributed by atoms with Gasteiger partial charge in [-0.15, -0.1) is 0 Å². The van der Waals surface area contributed by atoms with Crippen molar-refractivity contribution in [3.8, 4) is 0 Å². The van der Waals surface area contributed by atoms with E-state index in [0.717, 1.165) is 31.0 Å². The Labute approximate surface area is 111 Å². The van der Waals surface area contributed by atoms with Gasteiger partial charge in [0, 0.05) is 35.5 Å². The first-order valence-electron chi connectivity index (χ1n) is 6.11. The molecule has 1 fully saturated rings. The van der Waals surface area contributed by atoms with Crippen LogP contribution in [-0.2, 0) is 0 Å². The summed E-state index contributed by atoms with van der Waals surface area (Å²) in [5.74, 6) is 0.138. The number of carboxylic acids is 1. The van der Waals surface area contributed by atoms with E-state index in [0.29, 0.717) is 10.9 Å². The van der Waals surface area contributed by atoms with Gasteiger partial charge in [0.1, 0.15) is 0 Å². The molecule has 2 rings (SSSR count). The Morgan fingerprint density at radius 1 is 1.61 bits per heavy atom. The predicted octanol–water partition coefficient (Wildman–Crippen LogP) is 2.30. The van der Waals surface area contributed by atoms with E-state index in [4.69, 9.17) is 10.8 Å². The second-order valence-corrected chi connectivity index (χ2v) is 5.83. The van der Waals surface area contributed by atoms with Crippen LogP contribution in [0.5, 0.6) is 0 Å². The highest BCUT2D eigenvalue weighted by atomic mass is 32.2. The van der Waals surface area contributed by atoms with E-state index >= 15 is 0 Å². The molecule has 1 heterocycles. The molecule has 1 aromatic rings. The zero-order chi connectivity index (χ0) is 13.1. The lowest BCUT2D eigenvalue weighted by atomic mass is 10.1. The smallest absolute Gasteiger partial charge is 0.337 e. The molecule has 0 aromatic heterocycles. The third kappa shape index (κ3) is 2.72. The average Bonchev–Trinajstić information content (AvgIpc) is 2.38. The summed E-state index contributed by atoms with van der Waals surface area (Å²) in [6, 6.07) is 5.21. The Morgan fingerprint density at radius 3 is 3.00 bits per heavy atom. The van der Waals surface area contributed by atoms with Gasteiger partial charge in [0.05, 0.1) is 5.56 Å². The molecule has 1 aliphatic rings. The van der Waals surface area contributed by atoms with Gasteiger partial charge in [-0.25, -0.2) is 4.79 Å². The highest BCUT2D eigenvalue weighted by molar-refractivity contribution is 8.00. The normalized spacial score (nSPS) is 19.8. The number of benzene rings is 1. The Bertz CT molecular complexity index is 451. The van der Waals surface area contributed by atoms with Crippen molar-refractivity contribution in [2.75, 3.05) is 29.5 Å². The minimum atomic E-state index is -0.973. The number of nitrogens with two attached hydrogens (primary N) is 1. The fraction of sp³-hybridized carbons (Fsp3) is 0.462. The first-order chi connectivity index (χ1) is 8.61. The van der Waals surface area contributed by atoms with Crippen molar-refractivity contribution in [3.63, 3.8) is 0 Å². The summed E-state index contributed by atoms with van der Waals surface area (Å²) in [5.41, 5.74) is 7.32. The highest BCUT2D eigenvalue weighted by Gasteiger charge is 2.20. The van der Waals surface area contributed by atoms with Crippen LogP contribution in [0.3, 0.4) is 0 Å². The molecule has 0 amide bonds. The summed E-state index contributed by atoms with van der Waals surface area (Å²) < 4.78 is 0. The molecule has 3 N–H and O–H groups in total. The van der Waals surface area contributed by atoms with Crippen molar-refractivity contribution >= 4 is 29.1 Å². The van der Waals surface area contributed by atoms with Crippen LogP contribution in [0.2, 0.25) is 0 Å². The highest BCUT2D eigenvalue weighted by Crippen LogP contribution is 2.28. The third-order valence-electron chi connectivity index (χ3n) is 3.22. The lowest BCUT2D eigenvalue weighted by Crippen LogP contribution is -2.37. The fourth-order valence-corrected chi connectivity index (χ4v) is 3.32. The van der Waals surface area contributed by atoms with Gasteiger partial charge < -0.3 is 15.7 Å². The minimum Gasteiger partial charge on any atom is -0.478 e. The van der Waals surface area contributed by atoms with Gasteiger partial charge in [-0.1, -0.05) is 6.92 Å². The molecular weight excluding hydrogens is 248 g/mol. The number of anilines is 2. The van der Waals surface area contributed by atoms with Gasteiger partial charge in [0.15, 0.2) is 0 Å². The van der Waals surface area contributed by atoms with E-state index < -0.39 is 5.97 Å². The zero-order valence-corrected chi connectivity index (χ0v) is 11.2. The number of carbonyl (C=O) groups is 1. The van der Waals surface area contributed by atoms with E-state index in [1.807, 2.05) is 17.8 Å². The molecule has 98 valence electrons. The Morgan fingerprint density at radius 2 is 2.39 bits per heavy atom. The molecule has 1 aromatic carbocycles. The number of hydrogen-bond donors (Lipinski definition) is 2. The van der Waals surface area contributed by atoms with Gasteiger partial charge in [-0.3, -0.25) is 0 Å². The Kier molecular flexibility index (Phi) is 4.01. The van der Waals surface area contributed by atoms with Crippen molar-refractivity contribution in [2.45, 2.75) is 18.6 Å². The quantitative estimate of drug-likeness (QED) is 0.822. The molecule has 0 aliphatic carbocycles. The van der Waals surface area contributed by atoms with Crippen LogP contribution in [0, 0.1) is 0 Å². The zero-order valence-electron chi connectivity index (χ0n) is 10.4. The van der Waals surface area contributed by atoms with Crippen LogP contribution in [0.25, 0.3) is 0 Å². The maximum absolute atomic E-state index is 10.9. The number of rotatable bonds is 3. The summed E-state index contributed by atoms with van der Waals surface area (Å²) in [5, 5.41) is 9.60. The second kappa shape index (κ2) is 5.52. The SMILES string of the molecule is CCC1CN(c2ccc(C(=O)O)c(N)c2)CCS1. The van der Waals surface area contributed by atoms with Crippen LogP contribution in [0.15, 0.2) is 18.2 Å². The van der Waals surface area contributed by atoms with Crippen LogP contribution < -0.4 is 10.6 Å². The number of nitrogens with zero attached hydrogens (tertiary/aromatic N) is 1. The molecule has 1 atom stereocenters. The molecule has 5 heteroatoms. The summed E-state index contributed by atoms with van der Waals surface area (Å²) >= 11 is 2.01. The first-order valence-corrected chi connectivity index (χ1v) is 7.16. The van der Waals surface area contributed by atoms with Gasteiger partial charge in [-0.2, -0.15) is 11.8 Å². The first kappa shape index (κ1) is 13.1. The molecule has 1 saturated heterocycles. The van der Waals surface area contributed by atoms with Crippen molar-refractivity contribution in [2.24, 2.45) is 0 Å². The van der Waals surface area contributed by atoms with Gasteiger partial charge in [-0.05, 0) is 24.6 Å². The standard InChI is InChI=1S/C13H18N2O2S/c1-2-10-8-15(5-6-18-10)9-3-4-11(13(16)17)12(14)7-9/h3-4,7,10H,2,5-6,8,14H2,1H3,(H,16,17). The van der Waals surface area contributed by atoms with Gasteiger partial charge in [0.25, 0.3) is 0 Å². The largest absolute Gasteiger partial charge is 0.478 e. The van der Waals surface area contributed by atoms with E-state index in [9.17, 15) is 4.79 Å². The summed E-state index contributed by atoms with van der Waals surface area (Å²) in [4.78, 5) is 13.2. The summed E-state index contributed by atoms with van der Waals surface area (Å²) in [7, 11) is 0. The maximum Gasteiger partial charge on any atom is 0.337 e. The molecule has 0 radical (unpaired) electrons. The average molecular weight is 266 g/mol. The summed E-state index contributed by atoms with van der Waals surface area (Å²) in [6.07, 6.45) is 1.16. The van der Waals surface area contributed by atoms with Crippen LogP contribution in [0.1, 0.15) is 23.7 Å². The fourth-order valence-electron chi connectivity index (χ4n) is 2.14. The van der Waals surface area contributed by atoms with Gasteiger partial charge >= 0.3 is 5.97 Å². The van der Waals surface area contributed by atoms with E-state index in [1.54, 1.807) is 12.1 Å². The van der Waals surface area contributed by atoms with E-state index in [-0.39, 0.29) is 5.56 Å².